The third kappa shape index (κ3) is 3.04. The Morgan fingerprint density at radius 2 is 1.06 bits per heavy atom. The molecule has 0 unspecified atom stereocenters. The van der Waals surface area contributed by atoms with E-state index in [-0.39, 0.29) is 0 Å². The van der Waals surface area contributed by atoms with Crippen molar-refractivity contribution < 1.29 is 0 Å². The Balaban J connectivity index is 1.50. The number of aryl methyl sites for hydroxylation is 2. The van der Waals surface area contributed by atoms with Crippen LogP contribution in [0.5, 0.6) is 0 Å². The third-order valence-corrected chi connectivity index (χ3v) is 7.58. The molecule has 0 bridgehead atoms. The van der Waals surface area contributed by atoms with Crippen molar-refractivity contribution in [2.45, 2.75) is 13.8 Å². The van der Waals surface area contributed by atoms with Crippen molar-refractivity contribution in [3.05, 3.63) is 120 Å². The van der Waals surface area contributed by atoms with Crippen LogP contribution in [0, 0.1) is 13.8 Å². The number of nitrogens with zero attached hydrogens (tertiary/aromatic N) is 2. The Morgan fingerprint density at radius 3 is 1.89 bits per heavy atom. The summed E-state index contributed by atoms with van der Waals surface area (Å²) in [5, 5.41) is 7.30. The van der Waals surface area contributed by atoms with Gasteiger partial charge in [0.25, 0.3) is 0 Å². The van der Waals surface area contributed by atoms with Crippen molar-refractivity contribution in [1.29, 1.82) is 0 Å². The molecule has 0 N–H and O–H groups in total. The number of hydrogen-bond acceptors (Lipinski definition) is 2. The number of aromatic nitrogens is 2. The zero-order chi connectivity index (χ0) is 24.2. The fraction of sp³-hybridized carbons (Fsp3) is 0.0588. The highest BCUT2D eigenvalue weighted by molar-refractivity contribution is 6.11. The molecule has 2 heterocycles. The maximum atomic E-state index is 5.22. The topological polar surface area (TPSA) is 25.8 Å². The maximum absolute atomic E-state index is 5.22. The fourth-order valence-corrected chi connectivity index (χ4v) is 5.61. The Hall–Kier alpha value is -4.56. The van der Waals surface area contributed by atoms with Gasteiger partial charge in [0.2, 0.25) is 0 Å². The summed E-state index contributed by atoms with van der Waals surface area (Å²) >= 11 is 0. The van der Waals surface area contributed by atoms with Gasteiger partial charge in [-0.1, -0.05) is 91.0 Å². The van der Waals surface area contributed by atoms with Crippen LogP contribution in [0.1, 0.15) is 11.1 Å². The summed E-state index contributed by atoms with van der Waals surface area (Å²) in [7, 11) is 0. The first-order chi connectivity index (χ1) is 17.7. The van der Waals surface area contributed by atoms with Crippen LogP contribution in [0.4, 0.5) is 0 Å². The normalized spacial score (nSPS) is 11.6. The van der Waals surface area contributed by atoms with Crippen molar-refractivity contribution in [3.63, 3.8) is 0 Å². The predicted molar refractivity (Wildman–Crippen MR) is 152 cm³/mol. The van der Waals surface area contributed by atoms with Gasteiger partial charge in [-0.2, -0.15) is 0 Å². The van der Waals surface area contributed by atoms with E-state index in [1.807, 2.05) is 12.3 Å². The van der Waals surface area contributed by atoms with Crippen LogP contribution in [-0.2, 0) is 0 Å². The third-order valence-electron chi connectivity index (χ3n) is 7.58. The molecular weight excluding hydrogens is 436 g/mol. The molecule has 0 fully saturated rings. The van der Waals surface area contributed by atoms with Gasteiger partial charge in [0, 0.05) is 22.5 Å². The minimum absolute atomic E-state index is 0.966. The standard InChI is InChI=1S/C34H24N2/c1-21-22(2)25-18-19-32(36-34(25)33-24(21)15-8-20-35-33)31-17-16-30(28-12-5-6-13-29(28)31)27-14-7-10-23-9-3-4-11-26(23)27/h3-20H,1-2H3. The number of rotatable bonds is 2. The lowest BCUT2D eigenvalue weighted by molar-refractivity contribution is 1.33. The highest BCUT2D eigenvalue weighted by Gasteiger charge is 2.15. The SMILES string of the molecule is Cc1c(C)c2ccc(-c3ccc(-c4cccc5ccccc45)c4ccccc34)nc2c2ncccc12. The minimum Gasteiger partial charge on any atom is -0.254 e. The van der Waals surface area contributed by atoms with Crippen LogP contribution in [-0.4, -0.2) is 9.97 Å². The number of hydrogen-bond donors (Lipinski definition) is 0. The summed E-state index contributed by atoms with van der Waals surface area (Å²) in [6.45, 7) is 4.35. The molecule has 7 aromatic rings. The molecule has 0 amide bonds. The number of benzene rings is 5. The van der Waals surface area contributed by atoms with E-state index < -0.39 is 0 Å². The van der Waals surface area contributed by atoms with Crippen molar-refractivity contribution in [3.8, 4) is 22.4 Å². The van der Waals surface area contributed by atoms with E-state index in [4.69, 9.17) is 9.97 Å². The van der Waals surface area contributed by atoms with Gasteiger partial charge < -0.3 is 0 Å². The summed E-state index contributed by atoms with van der Waals surface area (Å²) in [5.41, 5.74) is 9.07. The second kappa shape index (κ2) is 8.00. The second-order valence-corrected chi connectivity index (χ2v) is 9.48. The average molecular weight is 461 g/mol. The molecule has 2 nitrogen and oxygen atoms in total. The summed E-state index contributed by atoms with van der Waals surface area (Å²) in [4.78, 5) is 9.94. The molecular formula is C34H24N2. The molecule has 5 aromatic carbocycles. The van der Waals surface area contributed by atoms with E-state index in [9.17, 15) is 0 Å². The summed E-state index contributed by atoms with van der Waals surface area (Å²) < 4.78 is 0. The van der Waals surface area contributed by atoms with Gasteiger partial charge in [-0.3, -0.25) is 4.98 Å². The summed E-state index contributed by atoms with van der Waals surface area (Å²) in [6.07, 6.45) is 1.86. The molecule has 7 rings (SSSR count). The van der Waals surface area contributed by atoms with Crippen LogP contribution < -0.4 is 0 Å². The predicted octanol–water partition coefficient (Wildman–Crippen LogP) is 9.04. The van der Waals surface area contributed by atoms with Crippen LogP contribution >= 0.6 is 0 Å². The number of fused-ring (bicyclic) bond motifs is 5. The lowest BCUT2D eigenvalue weighted by atomic mass is 9.91. The molecule has 2 heteroatoms. The van der Waals surface area contributed by atoms with E-state index in [1.165, 1.54) is 54.6 Å². The Morgan fingerprint density at radius 1 is 0.444 bits per heavy atom. The molecule has 0 aliphatic rings. The van der Waals surface area contributed by atoms with Crippen LogP contribution in [0.25, 0.3) is 65.7 Å². The van der Waals surface area contributed by atoms with E-state index >= 15 is 0 Å². The first-order valence-electron chi connectivity index (χ1n) is 12.4. The summed E-state index contributed by atoms with van der Waals surface area (Å²) in [6, 6.07) is 36.8. The van der Waals surface area contributed by atoms with Gasteiger partial charge >= 0.3 is 0 Å². The van der Waals surface area contributed by atoms with Gasteiger partial charge in [-0.25, -0.2) is 4.98 Å². The largest absolute Gasteiger partial charge is 0.254 e. The lowest BCUT2D eigenvalue weighted by Crippen LogP contribution is -1.95. The quantitative estimate of drug-likeness (QED) is 0.241. The van der Waals surface area contributed by atoms with Crippen molar-refractivity contribution >= 4 is 43.4 Å². The van der Waals surface area contributed by atoms with Gasteiger partial charge in [-0.05, 0) is 69.8 Å². The fourth-order valence-electron chi connectivity index (χ4n) is 5.61. The van der Waals surface area contributed by atoms with Gasteiger partial charge in [-0.15, -0.1) is 0 Å². The van der Waals surface area contributed by atoms with Gasteiger partial charge in [0.15, 0.2) is 0 Å². The highest BCUT2D eigenvalue weighted by atomic mass is 14.8. The first-order valence-corrected chi connectivity index (χ1v) is 12.4. The second-order valence-electron chi connectivity index (χ2n) is 9.48. The lowest BCUT2D eigenvalue weighted by Gasteiger charge is -2.15. The smallest absolute Gasteiger partial charge is 0.0974 e. The zero-order valence-corrected chi connectivity index (χ0v) is 20.3. The number of pyridine rings is 2. The van der Waals surface area contributed by atoms with Gasteiger partial charge in [0.1, 0.15) is 0 Å². The van der Waals surface area contributed by atoms with Gasteiger partial charge in [0.05, 0.1) is 16.7 Å². The Bertz CT molecular complexity index is 1960. The molecule has 0 saturated carbocycles. The maximum Gasteiger partial charge on any atom is 0.0974 e. The van der Waals surface area contributed by atoms with E-state index in [0.29, 0.717) is 0 Å². The summed E-state index contributed by atoms with van der Waals surface area (Å²) in [5.74, 6) is 0. The molecule has 0 aliphatic carbocycles. The molecule has 0 saturated heterocycles. The first kappa shape index (κ1) is 20.8. The monoisotopic (exact) mass is 460 g/mol. The molecule has 0 spiro atoms. The van der Waals surface area contributed by atoms with Crippen LogP contribution in [0.2, 0.25) is 0 Å². The van der Waals surface area contributed by atoms with Crippen molar-refractivity contribution in [2.75, 3.05) is 0 Å². The zero-order valence-electron chi connectivity index (χ0n) is 20.3. The molecule has 0 aliphatic heterocycles. The van der Waals surface area contributed by atoms with Crippen molar-refractivity contribution in [1.82, 2.24) is 9.97 Å². The highest BCUT2D eigenvalue weighted by Crippen LogP contribution is 2.39. The average Bonchev–Trinajstić information content (AvgIpc) is 2.95. The van der Waals surface area contributed by atoms with Crippen LogP contribution in [0.15, 0.2) is 109 Å². The van der Waals surface area contributed by atoms with E-state index in [1.54, 1.807) is 0 Å². The Labute approximate surface area is 209 Å². The molecule has 36 heavy (non-hydrogen) atoms. The Kier molecular flexibility index (Phi) is 4.62. The molecule has 0 atom stereocenters. The molecule has 2 aromatic heterocycles. The van der Waals surface area contributed by atoms with E-state index in [0.717, 1.165) is 22.3 Å². The van der Waals surface area contributed by atoms with E-state index in [2.05, 4.69) is 111 Å². The van der Waals surface area contributed by atoms with Crippen molar-refractivity contribution in [2.24, 2.45) is 0 Å². The molecule has 0 radical (unpaired) electrons. The molecule has 170 valence electrons. The van der Waals surface area contributed by atoms with Crippen LogP contribution in [0.3, 0.4) is 0 Å². The minimum atomic E-state index is 0.966.